The number of nitrogens with two attached hydrogens (primary N) is 2. The van der Waals surface area contributed by atoms with Crippen LogP contribution in [0.15, 0.2) is 0 Å². The van der Waals surface area contributed by atoms with Crippen molar-refractivity contribution in [1.82, 2.24) is 0 Å². The Kier molecular flexibility index (Phi) is 4.94. The van der Waals surface area contributed by atoms with E-state index in [1.165, 1.54) is 24.9 Å². The number of rotatable bonds is 5. The van der Waals surface area contributed by atoms with E-state index in [9.17, 15) is 0 Å². The van der Waals surface area contributed by atoms with Gasteiger partial charge in [-0.05, 0) is 44.1 Å². The monoisotopic (exact) mass is 202 g/mol. The van der Waals surface area contributed by atoms with Gasteiger partial charge in [0.15, 0.2) is 8.32 Å². The van der Waals surface area contributed by atoms with Gasteiger partial charge in [-0.2, -0.15) is 0 Å². The van der Waals surface area contributed by atoms with Crippen molar-refractivity contribution in [2.75, 3.05) is 19.7 Å². The molecule has 0 spiro atoms. The van der Waals surface area contributed by atoms with Crippen LogP contribution in [0.1, 0.15) is 19.3 Å². The summed E-state index contributed by atoms with van der Waals surface area (Å²) < 4.78 is 6.01. The van der Waals surface area contributed by atoms with Crippen molar-refractivity contribution in [3.63, 3.8) is 0 Å². The Balaban J connectivity index is 2.40. The molecule has 0 amide bonds. The molecule has 1 fully saturated rings. The molecule has 0 aromatic heterocycles. The Bertz CT molecular complexity index is 132. The van der Waals surface area contributed by atoms with E-state index in [1.54, 1.807) is 0 Å². The van der Waals surface area contributed by atoms with Crippen LogP contribution in [0, 0.1) is 0 Å². The molecule has 0 aromatic rings. The summed E-state index contributed by atoms with van der Waals surface area (Å²) in [6.45, 7) is 2.55. The lowest BCUT2D eigenvalue weighted by molar-refractivity contribution is 0.265. The van der Waals surface area contributed by atoms with Gasteiger partial charge in [0, 0.05) is 6.61 Å². The van der Waals surface area contributed by atoms with Crippen LogP contribution in [0.4, 0.5) is 0 Å². The summed E-state index contributed by atoms with van der Waals surface area (Å²) in [6.07, 6.45) is 3.70. The van der Waals surface area contributed by atoms with Crippen molar-refractivity contribution in [1.29, 1.82) is 0 Å². The van der Waals surface area contributed by atoms with E-state index < -0.39 is 8.32 Å². The first-order valence-corrected chi connectivity index (χ1v) is 7.90. The first-order chi connectivity index (χ1) is 6.33. The van der Waals surface area contributed by atoms with Gasteiger partial charge in [-0.25, -0.2) is 0 Å². The molecular weight excluding hydrogens is 180 g/mol. The highest BCUT2D eigenvalue weighted by Gasteiger charge is 2.35. The van der Waals surface area contributed by atoms with E-state index in [4.69, 9.17) is 15.9 Å². The predicted molar refractivity (Wildman–Crippen MR) is 58.1 cm³/mol. The predicted octanol–water partition coefficient (Wildman–Crippen LogP) is 1.05. The molecule has 0 aliphatic carbocycles. The van der Waals surface area contributed by atoms with Gasteiger partial charge in [0.1, 0.15) is 0 Å². The molecule has 1 heterocycles. The summed E-state index contributed by atoms with van der Waals surface area (Å²) in [6, 6.07) is 3.66. The lowest BCUT2D eigenvalue weighted by Gasteiger charge is -2.34. The fourth-order valence-corrected chi connectivity index (χ4v) is 6.15. The maximum atomic E-state index is 6.01. The SMILES string of the molecule is NCCC[Si]1(CCN)CCCCO1. The van der Waals surface area contributed by atoms with E-state index in [2.05, 4.69) is 0 Å². The van der Waals surface area contributed by atoms with Gasteiger partial charge >= 0.3 is 0 Å². The van der Waals surface area contributed by atoms with Crippen molar-refractivity contribution in [2.24, 2.45) is 11.5 Å². The second-order valence-electron chi connectivity index (χ2n) is 3.92. The summed E-state index contributed by atoms with van der Waals surface area (Å²) in [7, 11) is -1.41. The standard InChI is InChI=1S/C9H22N2OSi/c10-4-3-8-13(9-5-11)7-2-1-6-12-13/h1-11H2. The topological polar surface area (TPSA) is 61.3 Å². The van der Waals surface area contributed by atoms with Gasteiger partial charge in [-0.15, -0.1) is 0 Å². The summed E-state index contributed by atoms with van der Waals surface area (Å²) in [4.78, 5) is 0. The van der Waals surface area contributed by atoms with Gasteiger partial charge in [0.2, 0.25) is 0 Å². The lowest BCUT2D eigenvalue weighted by atomic mass is 10.4. The van der Waals surface area contributed by atoms with Crippen molar-refractivity contribution >= 4 is 8.32 Å². The Morgan fingerprint density at radius 2 is 1.92 bits per heavy atom. The summed E-state index contributed by atoms with van der Waals surface area (Å²) >= 11 is 0. The second-order valence-corrected chi connectivity index (χ2v) is 8.07. The minimum absolute atomic E-state index is 0.788. The molecule has 0 radical (unpaired) electrons. The van der Waals surface area contributed by atoms with Crippen molar-refractivity contribution < 1.29 is 4.43 Å². The third-order valence-corrected chi connectivity index (χ3v) is 7.42. The van der Waals surface area contributed by atoms with E-state index in [0.29, 0.717) is 0 Å². The molecule has 0 bridgehead atoms. The third kappa shape index (κ3) is 3.38. The second kappa shape index (κ2) is 5.75. The van der Waals surface area contributed by atoms with Gasteiger partial charge in [0.25, 0.3) is 0 Å². The molecule has 78 valence electrons. The molecule has 1 atom stereocenters. The van der Waals surface area contributed by atoms with E-state index >= 15 is 0 Å². The average Bonchev–Trinajstić information content (AvgIpc) is 2.17. The third-order valence-electron chi connectivity index (χ3n) is 2.87. The highest BCUT2D eigenvalue weighted by atomic mass is 28.4. The van der Waals surface area contributed by atoms with E-state index in [0.717, 1.165) is 32.2 Å². The lowest BCUT2D eigenvalue weighted by Crippen LogP contribution is -2.43. The van der Waals surface area contributed by atoms with Crippen LogP contribution < -0.4 is 11.5 Å². The van der Waals surface area contributed by atoms with Crippen LogP contribution in [0.3, 0.4) is 0 Å². The molecule has 1 unspecified atom stereocenters. The molecule has 1 rings (SSSR count). The molecule has 1 saturated heterocycles. The number of hydrogen-bond acceptors (Lipinski definition) is 3. The zero-order valence-corrected chi connectivity index (χ0v) is 9.43. The maximum absolute atomic E-state index is 6.01. The Morgan fingerprint density at radius 1 is 1.08 bits per heavy atom. The molecule has 4 N–H and O–H groups in total. The van der Waals surface area contributed by atoms with E-state index in [-0.39, 0.29) is 0 Å². The maximum Gasteiger partial charge on any atom is 0.194 e. The minimum Gasteiger partial charge on any atom is -0.417 e. The highest BCUT2D eigenvalue weighted by molar-refractivity contribution is 6.74. The van der Waals surface area contributed by atoms with Crippen LogP contribution in [0.5, 0.6) is 0 Å². The molecule has 1 aliphatic rings. The largest absolute Gasteiger partial charge is 0.417 e. The average molecular weight is 202 g/mol. The Labute approximate surface area is 82.0 Å². The first kappa shape index (κ1) is 11.2. The van der Waals surface area contributed by atoms with Crippen LogP contribution in [-0.4, -0.2) is 28.0 Å². The van der Waals surface area contributed by atoms with Crippen LogP contribution in [0.2, 0.25) is 18.1 Å². The smallest absolute Gasteiger partial charge is 0.194 e. The first-order valence-electron chi connectivity index (χ1n) is 5.37. The molecular formula is C9H22N2OSi. The number of hydrogen-bond donors (Lipinski definition) is 2. The fraction of sp³-hybridized carbons (Fsp3) is 1.00. The van der Waals surface area contributed by atoms with E-state index in [1.807, 2.05) is 0 Å². The van der Waals surface area contributed by atoms with Gasteiger partial charge < -0.3 is 15.9 Å². The molecule has 13 heavy (non-hydrogen) atoms. The van der Waals surface area contributed by atoms with Crippen molar-refractivity contribution in [2.45, 2.75) is 37.4 Å². The normalized spacial score (nSPS) is 29.1. The summed E-state index contributed by atoms with van der Waals surface area (Å²) in [5.41, 5.74) is 11.2. The van der Waals surface area contributed by atoms with Gasteiger partial charge in [-0.1, -0.05) is 6.42 Å². The van der Waals surface area contributed by atoms with Crippen molar-refractivity contribution in [3.05, 3.63) is 0 Å². The zero-order valence-electron chi connectivity index (χ0n) is 8.43. The van der Waals surface area contributed by atoms with Crippen LogP contribution >= 0.6 is 0 Å². The minimum atomic E-state index is -1.41. The zero-order chi connectivity index (χ0) is 9.57. The molecule has 3 nitrogen and oxygen atoms in total. The quantitative estimate of drug-likeness (QED) is 0.655. The molecule has 4 heteroatoms. The summed E-state index contributed by atoms with van der Waals surface area (Å²) in [5.74, 6) is 0. The fourth-order valence-electron chi connectivity index (χ4n) is 2.12. The Hall–Kier alpha value is 0.0969. The van der Waals surface area contributed by atoms with Gasteiger partial charge in [0.05, 0.1) is 0 Å². The summed E-state index contributed by atoms with van der Waals surface area (Å²) in [5, 5.41) is 0. The Morgan fingerprint density at radius 3 is 2.46 bits per heavy atom. The van der Waals surface area contributed by atoms with Crippen molar-refractivity contribution in [3.8, 4) is 0 Å². The molecule has 1 aliphatic heterocycles. The van der Waals surface area contributed by atoms with Crippen LogP contribution in [-0.2, 0) is 4.43 Å². The molecule has 0 saturated carbocycles. The van der Waals surface area contributed by atoms with Gasteiger partial charge in [-0.3, -0.25) is 0 Å². The van der Waals surface area contributed by atoms with Crippen LogP contribution in [0.25, 0.3) is 0 Å². The highest BCUT2D eigenvalue weighted by Crippen LogP contribution is 2.29. The molecule has 0 aromatic carbocycles.